The molecule has 0 bridgehead atoms. The van der Waals surface area contributed by atoms with Gasteiger partial charge in [-0.3, -0.25) is 9.32 Å². The number of phosphoric acid groups is 1. The Morgan fingerprint density at radius 3 is 2.36 bits per heavy atom. The molecule has 1 amide bonds. The summed E-state index contributed by atoms with van der Waals surface area (Å²) in [6.45, 7) is 14.7. The number of nitrogens with one attached hydrogen (secondary N) is 1. The lowest BCUT2D eigenvalue weighted by atomic mass is 9.72. The molecule has 20 heteroatoms. The summed E-state index contributed by atoms with van der Waals surface area (Å²) < 4.78 is 48.2. The van der Waals surface area contributed by atoms with Crippen molar-refractivity contribution >= 4 is 19.8 Å². The summed E-state index contributed by atoms with van der Waals surface area (Å²) in [6, 6.07) is 1.33. The van der Waals surface area contributed by atoms with Gasteiger partial charge in [-0.1, -0.05) is 83.6 Å². The first-order valence-corrected chi connectivity index (χ1v) is 24.9. The van der Waals surface area contributed by atoms with Gasteiger partial charge in [0.15, 0.2) is 17.8 Å². The second kappa shape index (κ2) is 26.9. The van der Waals surface area contributed by atoms with E-state index in [4.69, 9.17) is 33.2 Å². The number of nitriles is 1. The first-order chi connectivity index (χ1) is 32.2. The first kappa shape index (κ1) is 59.9. The maximum Gasteiger partial charge on any atom is 0.469 e. The molecule has 15 atom stereocenters. The van der Waals surface area contributed by atoms with Gasteiger partial charge >= 0.3 is 7.82 Å². The predicted molar refractivity (Wildman–Crippen MR) is 258 cm³/mol. The van der Waals surface area contributed by atoms with Crippen LogP contribution in [0.2, 0.25) is 0 Å². The lowest BCUT2D eigenvalue weighted by molar-refractivity contribution is -0.334. The van der Waals surface area contributed by atoms with E-state index in [0.29, 0.717) is 18.0 Å². The van der Waals surface area contributed by atoms with Gasteiger partial charge in [0.05, 0.1) is 49.2 Å². The molecule has 1 aromatic rings. The fourth-order valence-corrected chi connectivity index (χ4v) is 9.51. The van der Waals surface area contributed by atoms with Crippen LogP contribution >= 0.6 is 7.82 Å². The van der Waals surface area contributed by atoms with Crippen LogP contribution in [0.4, 0.5) is 0 Å². The van der Waals surface area contributed by atoms with E-state index in [9.17, 15) is 44.7 Å². The van der Waals surface area contributed by atoms with Crippen LogP contribution in [0.15, 0.2) is 64.4 Å². The van der Waals surface area contributed by atoms with Gasteiger partial charge in [-0.15, -0.1) is 0 Å². The smallest absolute Gasteiger partial charge is 0.448 e. The molecule has 390 valence electrons. The lowest BCUT2D eigenvalue weighted by Gasteiger charge is -2.50. The molecule has 2 saturated heterocycles. The van der Waals surface area contributed by atoms with E-state index in [1.807, 2.05) is 58.9 Å². The van der Waals surface area contributed by atoms with Crippen molar-refractivity contribution in [2.45, 2.75) is 154 Å². The van der Waals surface area contributed by atoms with E-state index < -0.39 is 97.7 Å². The summed E-state index contributed by atoms with van der Waals surface area (Å²) in [5.74, 6) is -3.62. The number of amides is 1. The number of allylic oxidation sites excluding steroid dienone is 7. The second-order valence-corrected chi connectivity index (χ2v) is 20.6. The number of methoxy groups -OCH3 is 2. The summed E-state index contributed by atoms with van der Waals surface area (Å²) in [7, 11) is 1.12. The average Bonchev–Trinajstić information content (AvgIpc) is 3.84. The highest BCUT2D eigenvalue weighted by Crippen LogP contribution is 2.59. The van der Waals surface area contributed by atoms with Crippen molar-refractivity contribution in [3.05, 3.63) is 71.5 Å². The SMILES string of the molecule is COC[C@@H]([C@H](O)[C@H](O)C(=O)NCC[C@H](C)c1nc(C=CC[C@@H]2O[C@]3(C[C@@H](O)[C@@H]2C)O[C@H]([C@H](C[C@H](O)[C@H](C)[C@H](O)[C@H](C)C=C(C)C(C)=CC=CC=CC#N)OC)[C@H](OP(=O)(O)O)C3(C)C)co1)N(C)C. The molecule has 0 saturated carbocycles. The quantitative estimate of drug-likeness (QED) is 0.0365. The largest absolute Gasteiger partial charge is 0.469 e. The molecular weight excluding hydrogens is 916 g/mol. The Morgan fingerprint density at radius 1 is 1.07 bits per heavy atom. The Labute approximate surface area is 407 Å². The molecule has 0 aromatic carbocycles. The molecule has 2 aliphatic heterocycles. The van der Waals surface area contributed by atoms with E-state index in [0.717, 1.165) is 11.1 Å². The number of carbonyl (C=O) groups is 1. The fourth-order valence-electron chi connectivity index (χ4n) is 8.83. The van der Waals surface area contributed by atoms with Crippen LogP contribution in [0.25, 0.3) is 6.08 Å². The monoisotopic (exact) mass is 995 g/mol. The lowest BCUT2D eigenvalue weighted by Crippen LogP contribution is -2.58. The average molecular weight is 995 g/mol. The van der Waals surface area contributed by atoms with Crippen molar-refractivity contribution in [2.75, 3.05) is 41.5 Å². The molecule has 3 rings (SSSR count). The van der Waals surface area contributed by atoms with Gasteiger partial charge in [-0.2, -0.15) is 5.26 Å². The van der Waals surface area contributed by atoms with Gasteiger partial charge < -0.3 is 68.9 Å². The van der Waals surface area contributed by atoms with E-state index >= 15 is 0 Å². The maximum atomic E-state index is 12.6. The highest BCUT2D eigenvalue weighted by molar-refractivity contribution is 7.46. The zero-order chi connectivity index (χ0) is 52.0. The van der Waals surface area contributed by atoms with E-state index in [-0.39, 0.29) is 44.2 Å². The first-order valence-electron chi connectivity index (χ1n) is 23.4. The molecule has 69 heavy (non-hydrogen) atoms. The number of oxazole rings is 1. The van der Waals surface area contributed by atoms with Crippen LogP contribution < -0.4 is 5.32 Å². The number of hydrogen-bond acceptors (Lipinski definition) is 16. The second-order valence-electron chi connectivity index (χ2n) is 19.4. The van der Waals surface area contributed by atoms with Crippen molar-refractivity contribution in [3.63, 3.8) is 0 Å². The van der Waals surface area contributed by atoms with Crippen LogP contribution in [0, 0.1) is 34.5 Å². The summed E-state index contributed by atoms with van der Waals surface area (Å²) in [6.07, 6.45) is 5.51. The molecule has 2 aliphatic rings. The molecule has 0 radical (unpaired) electrons. The van der Waals surface area contributed by atoms with Crippen LogP contribution in [0.3, 0.4) is 0 Å². The summed E-state index contributed by atoms with van der Waals surface area (Å²) in [5.41, 5.74) is 1.06. The van der Waals surface area contributed by atoms with Gasteiger partial charge in [0, 0.05) is 68.8 Å². The predicted octanol–water partition coefficient (Wildman–Crippen LogP) is 4.30. The highest BCUT2D eigenvalue weighted by atomic mass is 31.2. The zero-order valence-electron chi connectivity index (χ0n) is 42.2. The maximum absolute atomic E-state index is 12.6. The molecule has 0 unspecified atom stereocenters. The molecule has 1 spiro atoms. The molecule has 0 aliphatic carbocycles. The molecular formula is C49H79N4O15P. The van der Waals surface area contributed by atoms with Gasteiger partial charge in [-0.05, 0) is 52.4 Å². The van der Waals surface area contributed by atoms with Crippen molar-refractivity contribution in [1.29, 1.82) is 5.26 Å². The molecule has 19 nitrogen and oxygen atoms in total. The summed E-state index contributed by atoms with van der Waals surface area (Å²) >= 11 is 0. The Morgan fingerprint density at radius 2 is 1.75 bits per heavy atom. The molecule has 2 fully saturated rings. The van der Waals surface area contributed by atoms with Gasteiger partial charge in [0.2, 0.25) is 0 Å². The third-order valence-electron chi connectivity index (χ3n) is 13.8. The third-order valence-corrected chi connectivity index (χ3v) is 14.3. The van der Waals surface area contributed by atoms with Crippen molar-refractivity contribution in [2.24, 2.45) is 23.2 Å². The minimum atomic E-state index is -5.15. The minimum Gasteiger partial charge on any atom is -0.448 e. The number of likely N-dealkylation sites (N-methyl/N-ethyl adjacent to an activating group) is 1. The Bertz CT molecular complexity index is 2030. The number of ether oxygens (including phenoxy) is 4. The zero-order valence-corrected chi connectivity index (χ0v) is 43.1. The summed E-state index contributed by atoms with van der Waals surface area (Å²) in [4.78, 5) is 39.2. The van der Waals surface area contributed by atoms with Crippen LogP contribution in [0.1, 0.15) is 98.6 Å². The van der Waals surface area contributed by atoms with E-state index in [1.54, 1.807) is 64.1 Å². The van der Waals surface area contributed by atoms with Crippen molar-refractivity contribution in [3.8, 4) is 6.07 Å². The van der Waals surface area contributed by atoms with E-state index in [2.05, 4.69) is 10.3 Å². The molecule has 1 aromatic heterocycles. The highest BCUT2D eigenvalue weighted by Gasteiger charge is 2.68. The topological polar surface area (TPSA) is 287 Å². The number of rotatable bonds is 26. The fraction of sp³-hybridized carbons (Fsp3) is 0.694. The minimum absolute atomic E-state index is 0.0641. The van der Waals surface area contributed by atoms with Gasteiger partial charge in [0.1, 0.15) is 30.3 Å². The molecule has 8 N–H and O–H groups in total. The van der Waals surface area contributed by atoms with Crippen molar-refractivity contribution < 1.29 is 72.6 Å². The van der Waals surface area contributed by atoms with Crippen molar-refractivity contribution in [1.82, 2.24) is 15.2 Å². The van der Waals surface area contributed by atoms with Gasteiger partial charge in [-0.25, -0.2) is 9.55 Å². The number of phosphoric ester groups is 1. The number of hydrogen-bond donors (Lipinski definition) is 8. The Hall–Kier alpha value is -3.42. The Balaban J connectivity index is 1.74. The standard InChI is InChI=1S/C49H79N4O15P/c1-29(18-15-13-14-16-22-50)31(3)24-32(4)41(56)34(6)37(54)25-40(64-12)44-45(68-69(60,61)62)48(7,8)49(67-44)26-38(55)33(5)39(66-49)20-17-19-35-27-65-47(52-35)30(2)21-23-51-46(59)43(58)42(57)36(28-63-11)53(9)10/h13-19,24,27,30,32-34,36-45,54-58H,20-21,23,25-26,28H2,1-12H3,(H,51,59)(H2,60,61,62)/t30-,32+,33-,34-,36-,37-,38+,39-,40-,41+,42-,43-,44+,45-,49+/m0/s1. The number of carbonyl (C=O) groups excluding carboxylic acids is 1. The van der Waals surface area contributed by atoms with E-state index in [1.165, 1.54) is 26.6 Å². The number of nitrogens with zero attached hydrogens (tertiary/aromatic N) is 3. The normalized spacial score (nSPS) is 27.7. The number of aliphatic hydroxyl groups is 5. The van der Waals surface area contributed by atoms with Gasteiger partial charge in [0.25, 0.3) is 5.91 Å². The summed E-state index contributed by atoms with van der Waals surface area (Å²) in [5, 5.41) is 66.8. The number of aliphatic hydroxyl groups excluding tert-OH is 5. The Kier molecular flexibility index (Phi) is 23.3. The van der Waals surface area contributed by atoms with Crippen LogP contribution in [-0.4, -0.2) is 159 Å². The third kappa shape index (κ3) is 16.3. The van der Waals surface area contributed by atoms with Crippen LogP contribution in [-0.2, 0) is 32.8 Å². The number of aromatic nitrogens is 1. The molecule has 3 heterocycles. The van der Waals surface area contributed by atoms with Crippen LogP contribution in [0.5, 0.6) is 0 Å².